The number of hydrogen-bond acceptors (Lipinski definition) is 6. The molecule has 0 aromatic carbocycles. The van der Waals surface area contributed by atoms with Gasteiger partial charge in [-0.1, -0.05) is 266 Å². The van der Waals surface area contributed by atoms with E-state index in [1.54, 1.807) is 0 Å². The van der Waals surface area contributed by atoms with Gasteiger partial charge in [-0.15, -0.1) is 0 Å². The first-order chi connectivity index (χ1) is 36.9. The summed E-state index contributed by atoms with van der Waals surface area (Å²) in [4.78, 5) is 37.7. The fourth-order valence-electron chi connectivity index (χ4n) is 8.61. The molecule has 0 fully saturated rings. The summed E-state index contributed by atoms with van der Waals surface area (Å²) in [5, 5.41) is 3.03. The molecule has 0 saturated carbocycles. The van der Waals surface area contributed by atoms with Gasteiger partial charge in [0, 0.05) is 12.8 Å². The Balaban J connectivity index is 5.31. The van der Waals surface area contributed by atoms with Crippen molar-refractivity contribution in [2.24, 2.45) is 0 Å². The van der Waals surface area contributed by atoms with Gasteiger partial charge in [0.2, 0.25) is 5.91 Å². The molecular formula is C66H118N2O7P+. The van der Waals surface area contributed by atoms with Gasteiger partial charge in [-0.2, -0.15) is 0 Å². The van der Waals surface area contributed by atoms with Crippen LogP contribution >= 0.6 is 7.82 Å². The second kappa shape index (κ2) is 55.3. The van der Waals surface area contributed by atoms with E-state index in [1.165, 1.54) is 154 Å². The largest absolute Gasteiger partial charge is 0.472 e. The van der Waals surface area contributed by atoms with Crippen molar-refractivity contribution in [1.82, 2.24) is 5.32 Å². The van der Waals surface area contributed by atoms with Gasteiger partial charge in [0.1, 0.15) is 19.3 Å². The fraction of sp³-hybridized carbons (Fsp3) is 0.727. The van der Waals surface area contributed by atoms with E-state index in [0.29, 0.717) is 17.4 Å². The number of carbonyl (C=O) groups is 2. The Morgan fingerprint density at radius 2 is 0.855 bits per heavy atom. The third kappa shape index (κ3) is 55.7. The van der Waals surface area contributed by atoms with Gasteiger partial charge in [0.15, 0.2) is 0 Å². The minimum absolute atomic E-state index is 0.0267. The number of carbonyl (C=O) groups excluding carboxylic acids is 2. The van der Waals surface area contributed by atoms with Crippen LogP contribution in [-0.2, 0) is 27.9 Å². The van der Waals surface area contributed by atoms with E-state index < -0.39 is 20.0 Å². The summed E-state index contributed by atoms with van der Waals surface area (Å²) in [5.41, 5.74) is 0. The van der Waals surface area contributed by atoms with Crippen LogP contribution in [-0.4, -0.2) is 74.3 Å². The zero-order chi connectivity index (χ0) is 55.7. The number of nitrogens with one attached hydrogen (secondary N) is 1. The summed E-state index contributed by atoms with van der Waals surface area (Å²) in [6.07, 6.45) is 74.1. The molecule has 438 valence electrons. The first kappa shape index (κ1) is 72.9. The lowest BCUT2D eigenvalue weighted by molar-refractivity contribution is -0.870. The van der Waals surface area contributed by atoms with E-state index in [2.05, 4.69) is 50.4 Å². The van der Waals surface area contributed by atoms with Gasteiger partial charge in [-0.3, -0.25) is 18.6 Å². The van der Waals surface area contributed by atoms with Crippen molar-refractivity contribution < 1.29 is 37.3 Å². The second-order valence-corrected chi connectivity index (χ2v) is 23.5. The smallest absolute Gasteiger partial charge is 0.456 e. The maximum absolute atomic E-state index is 13.5. The van der Waals surface area contributed by atoms with Crippen LogP contribution in [0.15, 0.2) is 97.2 Å². The first-order valence-electron chi connectivity index (χ1n) is 31.1. The zero-order valence-corrected chi connectivity index (χ0v) is 50.9. The molecule has 76 heavy (non-hydrogen) atoms. The Morgan fingerprint density at radius 3 is 1.32 bits per heavy atom. The van der Waals surface area contributed by atoms with Crippen LogP contribution in [0.1, 0.15) is 258 Å². The number of phosphoric ester groups is 1. The molecule has 3 unspecified atom stereocenters. The van der Waals surface area contributed by atoms with Crippen molar-refractivity contribution in [2.75, 3.05) is 40.9 Å². The molecular weight excluding hydrogens is 964 g/mol. The molecule has 0 bridgehead atoms. The molecule has 10 heteroatoms. The average molecular weight is 1080 g/mol. The number of hydrogen-bond donors (Lipinski definition) is 2. The number of unbranched alkanes of at least 4 members (excludes halogenated alkanes) is 30. The van der Waals surface area contributed by atoms with Crippen LogP contribution in [0.25, 0.3) is 0 Å². The van der Waals surface area contributed by atoms with E-state index in [-0.39, 0.29) is 37.9 Å². The molecule has 2 N–H and O–H groups in total. The summed E-state index contributed by atoms with van der Waals surface area (Å²) < 4.78 is 30.7. The Kier molecular flexibility index (Phi) is 53.0. The Bertz CT molecular complexity index is 1620. The Hall–Kier alpha value is -3.07. The van der Waals surface area contributed by atoms with Crippen LogP contribution in [0, 0.1) is 0 Å². The molecule has 0 aromatic heterocycles. The zero-order valence-electron chi connectivity index (χ0n) is 50.0. The van der Waals surface area contributed by atoms with Crippen molar-refractivity contribution >= 4 is 19.7 Å². The molecule has 0 spiro atoms. The van der Waals surface area contributed by atoms with E-state index >= 15 is 0 Å². The average Bonchev–Trinajstić information content (AvgIpc) is 3.38. The van der Waals surface area contributed by atoms with E-state index in [1.807, 2.05) is 94.1 Å². The lowest BCUT2D eigenvalue weighted by atomic mass is 10.0. The lowest BCUT2D eigenvalue weighted by Gasteiger charge is -2.27. The third-order valence-corrected chi connectivity index (χ3v) is 14.4. The van der Waals surface area contributed by atoms with Gasteiger partial charge in [-0.25, -0.2) is 4.57 Å². The number of ether oxygens (including phenoxy) is 1. The number of esters is 1. The highest BCUT2D eigenvalue weighted by Gasteiger charge is 2.30. The maximum atomic E-state index is 13.5. The molecule has 0 aliphatic rings. The van der Waals surface area contributed by atoms with Gasteiger partial charge in [-0.05, 0) is 76.7 Å². The van der Waals surface area contributed by atoms with Crippen molar-refractivity contribution in [1.29, 1.82) is 0 Å². The maximum Gasteiger partial charge on any atom is 0.472 e. The molecule has 0 aliphatic carbocycles. The number of likely N-dealkylation sites (N-methyl/N-ethyl adjacent to an activating group) is 1. The van der Waals surface area contributed by atoms with Crippen LogP contribution in [0.5, 0.6) is 0 Å². The second-order valence-electron chi connectivity index (χ2n) is 22.0. The summed E-state index contributed by atoms with van der Waals surface area (Å²) in [6, 6.07) is -0.877. The third-order valence-electron chi connectivity index (χ3n) is 13.4. The molecule has 0 rings (SSSR count). The van der Waals surface area contributed by atoms with Gasteiger partial charge in [0.25, 0.3) is 0 Å². The predicted octanol–water partition coefficient (Wildman–Crippen LogP) is 19.2. The van der Waals surface area contributed by atoms with Gasteiger partial charge < -0.3 is 19.4 Å². The number of nitrogens with zero attached hydrogens (tertiary/aromatic N) is 1. The summed E-state index contributed by atoms with van der Waals surface area (Å²) in [7, 11) is 1.45. The number of allylic oxidation sites excluding steroid dienone is 15. The molecule has 0 aliphatic heterocycles. The predicted molar refractivity (Wildman–Crippen MR) is 327 cm³/mol. The normalized spacial score (nSPS) is 14.4. The quantitative estimate of drug-likeness (QED) is 0.0156. The van der Waals surface area contributed by atoms with E-state index in [4.69, 9.17) is 13.8 Å². The molecule has 0 aromatic rings. The Morgan fingerprint density at radius 1 is 0.474 bits per heavy atom. The highest BCUT2D eigenvalue weighted by atomic mass is 31.2. The molecule has 0 saturated heterocycles. The molecule has 1 amide bonds. The fourth-order valence-corrected chi connectivity index (χ4v) is 9.35. The first-order valence-corrected chi connectivity index (χ1v) is 32.6. The summed E-state index contributed by atoms with van der Waals surface area (Å²) in [6.45, 7) is 6.83. The Labute approximate surface area is 468 Å². The van der Waals surface area contributed by atoms with Crippen molar-refractivity contribution in [2.45, 2.75) is 270 Å². The van der Waals surface area contributed by atoms with Crippen molar-refractivity contribution in [3.05, 3.63) is 97.2 Å². The van der Waals surface area contributed by atoms with Crippen LogP contribution in [0.4, 0.5) is 0 Å². The van der Waals surface area contributed by atoms with Crippen molar-refractivity contribution in [3.63, 3.8) is 0 Å². The summed E-state index contributed by atoms with van der Waals surface area (Å²) >= 11 is 0. The summed E-state index contributed by atoms with van der Waals surface area (Å²) in [5.74, 6) is -0.558. The van der Waals surface area contributed by atoms with Crippen molar-refractivity contribution in [3.8, 4) is 0 Å². The minimum atomic E-state index is -4.47. The highest BCUT2D eigenvalue weighted by Crippen LogP contribution is 2.43. The highest BCUT2D eigenvalue weighted by molar-refractivity contribution is 7.47. The molecule has 3 atom stereocenters. The van der Waals surface area contributed by atoms with Crippen LogP contribution in [0.3, 0.4) is 0 Å². The SMILES string of the molecule is CC\C=C/C=C/C=C/C=C\C=C\C=C\CCCCCC(=O)NC(COP(=O)(O)OCC[N+](C)(C)C)C(/C=C/CCCCCCCCCCCC)OC(=O)CCCCCCCCCCCCC/C=C/CCCCCCCC. The molecule has 0 heterocycles. The van der Waals surface area contributed by atoms with E-state index in [9.17, 15) is 19.0 Å². The van der Waals surface area contributed by atoms with E-state index in [0.717, 1.165) is 64.2 Å². The standard InChI is InChI=1S/C66H117N2O7P/c1-7-10-13-16-19-22-25-28-30-32-33-34-35-37-39-41-44-47-50-53-56-59-66(70)75-64(57-54-51-48-45-42-27-24-21-18-15-12-9-3)63(62-74-76(71,72)73-61-60-68(4,5)6)67-65(69)58-55-52-49-46-43-40-38-36-31-29-26-23-20-17-14-11-8-2/h11,14,17,20,23,26,28-31,36,38,40,43,54,57,63-64H,7-10,12-13,15-16,18-19,21-22,24-25,27,32-35,37,39,41-42,44-53,55-56,58-62H2,1-6H3,(H-,67,69,71,72)/p+1/b14-11-,20-17+,26-23+,30-28+,31-29-,38-36+,43-40+,57-54+. The topological polar surface area (TPSA) is 111 Å². The van der Waals surface area contributed by atoms with Gasteiger partial charge >= 0.3 is 13.8 Å². The number of phosphoric acid groups is 1. The molecule has 9 nitrogen and oxygen atoms in total. The van der Waals surface area contributed by atoms with Crippen LogP contribution < -0.4 is 5.32 Å². The molecule has 0 radical (unpaired) electrons. The minimum Gasteiger partial charge on any atom is -0.456 e. The monoisotopic (exact) mass is 1080 g/mol. The van der Waals surface area contributed by atoms with Gasteiger partial charge in [0.05, 0.1) is 33.8 Å². The number of rotatable bonds is 55. The van der Waals surface area contributed by atoms with Crippen LogP contribution in [0.2, 0.25) is 0 Å². The number of amides is 1. The lowest BCUT2D eigenvalue weighted by Crippen LogP contribution is -2.47. The number of quaternary nitrogens is 1.